The number of ketones is 2. The Bertz CT molecular complexity index is 950. The van der Waals surface area contributed by atoms with Crippen LogP contribution in [0.5, 0.6) is 0 Å². The van der Waals surface area contributed by atoms with E-state index >= 15 is 0 Å². The Morgan fingerprint density at radius 2 is 1.23 bits per heavy atom. The van der Waals surface area contributed by atoms with Gasteiger partial charge < -0.3 is 0 Å². The van der Waals surface area contributed by atoms with Crippen LogP contribution in [0.2, 0.25) is 0 Å². The molecule has 0 saturated heterocycles. The first-order chi connectivity index (χ1) is 10.8. The van der Waals surface area contributed by atoms with E-state index in [9.17, 15) is 9.59 Å². The molecule has 0 spiro atoms. The Hall–Kier alpha value is -3.00. The van der Waals surface area contributed by atoms with Gasteiger partial charge in [0.1, 0.15) is 0 Å². The SMILES string of the molecule is O=C1C=CC(=O)c2c1cc(-c1ccccc1)c1ccccc21. The third-order valence-electron chi connectivity index (χ3n) is 4.03. The van der Waals surface area contributed by atoms with Crippen LogP contribution < -0.4 is 0 Å². The van der Waals surface area contributed by atoms with E-state index in [0.717, 1.165) is 21.9 Å². The number of hydrogen-bond acceptors (Lipinski definition) is 2. The van der Waals surface area contributed by atoms with E-state index in [1.807, 2.05) is 60.7 Å². The molecule has 1 aliphatic carbocycles. The number of hydrogen-bond donors (Lipinski definition) is 0. The van der Waals surface area contributed by atoms with E-state index < -0.39 is 0 Å². The molecule has 0 atom stereocenters. The first kappa shape index (κ1) is 12.7. The number of carbonyl (C=O) groups is 2. The predicted octanol–water partition coefficient (Wildman–Crippen LogP) is 4.44. The quantitative estimate of drug-likeness (QED) is 0.662. The topological polar surface area (TPSA) is 34.1 Å². The van der Waals surface area contributed by atoms with Crippen molar-refractivity contribution in [1.82, 2.24) is 0 Å². The molecule has 0 aromatic heterocycles. The van der Waals surface area contributed by atoms with Crippen LogP contribution in [0.3, 0.4) is 0 Å². The molecule has 0 fully saturated rings. The summed E-state index contributed by atoms with van der Waals surface area (Å²) in [6.45, 7) is 0. The summed E-state index contributed by atoms with van der Waals surface area (Å²) in [5.74, 6) is -0.219. The molecule has 22 heavy (non-hydrogen) atoms. The van der Waals surface area contributed by atoms with Gasteiger partial charge in [0.15, 0.2) is 11.6 Å². The lowest BCUT2D eigenvalue weighted by molar-refractivity contribution is 0.0995. The van der Waals surface area contributed by atoms with Crippen molar-refractivity contribution in [3.8, 4) is 11.1 Å². The van der Waals surface area contributed by atoms with Crippen LogP contribution >= 0.6 is 0 Å². The highest BCUT2D eigenvalue weighted by atomic mass is 16.1. The van der Waals surface area contributed by atoms with Gasteiger partial charge in [-0.05, 0) is 40.1 Å². The van der Waals surface area contributed by atoms with Gasteiger partial charge in [-0.2, -0.15) is 0 Å². The summed E-state index contributed by atoms with van der Waals surface area (Å²) in [4.78, 5) is 24.5. The van der Waals surface area contributed by atoms with Crippen molar-refractivity contribution in [2.24, 2.45) is 0 Å². The van der Waals surface area contributed by atoms with Crippen LogP contribution in [0.4, 0.5) is 0 Å². The Labute approximate surface area is 127 Å². The van der Waals surface area contributed by atoms with Crippen molar-refractivity contribution in [3.63, 3.8) is 0 Å². The molecule has 3 aromatic rings. The first-order valence-electron chi connectivity index (χ1n) is 7.13. The third kappa shape index (κ3) is 1.81. The van der Waals surface area contributed by atoms with E-state index in [1.165, 1.54) is 12.2 Å². The van der Waals surface area contributed by atoms with Gasteiger partial charge >= 0.3 is 0 Å². The van der Waals surface area contributed by atoms with Gasteiger partial charge in [-0.15, -0.1) is 0 Å². The number of benzene rings is 3. The van der Waals surface area contributed by atoms with Crippen molar-refractivity contribution < 1.29 is 9.59 Å². The lowest BCUT2D eigenvalue weighted by Gasteiger charge is -2.16. The molecule has 0 N–H and O–H groups in total. The summed E-state index contributed by atoms with van der Waals surface area (Å²) >= 11 is 0. The Kier molecular flexibility index (Phi) is 2.76. The van der Waals surface area contributed by atoms with E-state index in [2.05, 4.69) is 0 Å². The second-order valence-electron chi connectivity index (χ2n) is 5.32. The Morgan fingerprint density at radius 3 is 2.00 bits per heavy atom. The largest absolute Gasteiger partial charge is 0.289 e. The molecule has 0 amide bonds. The molecule has 3 aromatic carbocycles. The van der Waals surface area contributed by atoms with E-state index in [4.69, 9.17) is 0 Å². The van der Waals surface area contributed by atoms with Crippen molar-refractivity contribution in [1.29, 1.82) is 0 Å². The maximum atomic E-state index is 12.3. The summed E-state index contributed by atoms with van der Waals surface area (Å²) in [6, 6.07) is 19.5. The third-order valence-corrected chi connectivity index (χ3v) is 4.03. The van der Waals surface area contributed by atoms with Gasteiger partial charge in [0.05, 0.1) is 0 Å². The fourth-order valence-corrected chi connectivity index (χ4v) is 3.02. The van der Waals surface area contributed by atoms with Gasteiger partial charge in [-0.3, -0.25) is 9.59 Å². The fourth-order valence-electron chi connectivity index (χ4n) is 3.02. The van der Waals surface area contributed by atoms with Crippen LogP contribution in [0, 0.1) is 0 Å². The molecular formula is C20H12O2. The molecule has 2 nitrogen and oxygen atoms in total. The van der Waals surface area contributed by atoms with Crippen LogP contribution in [0.25, 0.3) is 21.9 Å². The molecule has 0 radical (unpaired) electrons. The van der Waals surface area contributed by atoms with Crippen molar-refractivity contribution in [3.05, 3.63) is 83.9 Å². The van der Waals surface area contributed by atoms with E-state index in [-0.39, 0.29) is 11.6 Å². The second kappa shape index (κ2) is 4.78. The average molecular weight is 284 g/mol. The number of allylic oxidation sites excluding steroid dienone is 2. The lowest BCUT2D eigenvalue weighted by atomic mass is 9.85. The van der Waals surface area contributed by atoms with Crippen molar-refractivity contribution >= 4 is 22.3 Å². The first-order valence-corrected chi connectivity index (χ1v) is 7.13. The molecule has 104 valence electrons. The molecule has 0 heterocycles. The van der Waals surface area contributed by atoms with Crippen molar-refractivity contribution in [2.75, 3.05) is 0 Å². The van der Waals surface area contributed by atoms with Gasteiger partial charge in [0, 0.05) is 11.1 Å². The Balaban J connectivity index is 2.15. The zero-order valence-corrected chi connectivity index (χ0v) is 11.7. The highest BCUT2D eigenvalue weighted by Crippen LogP contribution is 2.35. The maximum absolute atomic E-state index is 12.3. The van der Waals surface area contributed by atoms with Crippen LogP contribution in [0.1, 0.15) is 20.7 Å². The summed E-state index contributed by atoms with van der Waals surface area (Å²) in [6.07, 6.45) is 2.72. The van der Waals surface area contributed by atoms with Crippen molar-refractivity contribution in [2.45, 2.75) is 0 Å². The second-order valence-corrected chi connectivity index (χ2v) is 5.32. The monoisotopic (exact) mass is 284 g/mol. The number of fused-ring (bicyclic) bond motifs is 3. The minimum Gasteiger partial charge on any atom is -0.289 e. The van der Waals surface area contributed by atoms with E-state index in [0.29, 0.717) is 11.1 Å². The van der Waals surface area contributed by atoms with E-state index in [1.54, 1.807) is 0 Å². The summed E-state index contributed by atoms with van der Waals surface area (Å²) in [5, 5.41) is 1.82. The number of carbonyl (C=O) groups excluding carboxylic acids is 2. The average Bonchev–Trinajstić information content (AvgIpc) is 2.58. The molecule has 0 saturated carbocycles. The molecule has 1 aliphatic rings. The zero-order valence-electron chi connectivity index (χ0n) is 11.7. The highest BCUT2D eigenvalue weighted by Gasteiger charge is 2.23. The van der Waals surface area contributed by atoms with Crippen LogP contribution in [0.15, 0.2) is 72.8 Å². The zero-order chi connectivity index (χ0) is 15.1. The minimum atomic E-state index is -0.113. The molecule has 0 unspecified atom stereocenters. The summed E-state index contributed by atoms with van der Waals surface area (Å²) < 4.78 is 0. The van der Waals surface area contributed by atoms with Gasteiger partial charge in [0.25, 0.3) is 0 Å². The van der Waals surface area contributed by atoms with Gasteiger partial charge in [-0.25, -0.2) is 0 Å². The van der Waals surface area contributed by atoms with Crippen LogP contribution in [-0.2, 0) is 0 Å². The highest BCUT2D eigenvalue weighted by molar-refractivity contribution is 6.28. The molecule has 0 aliphatic heterocycles. The number of rotatable bonds is 1. The molecular weight excluding hydrogens is 272 g/mol. The molecule has 2 heteroatoms. The maximum Gasteiger partial charge on any atom is 0.187 e. The summed E-state index contributed by atoms with van der Waals surface area (Å²) in [7, 11) is 0. The standard InChI is InChI=1S/C20H12O2/c21-18-10-11-19(22)20-15-9-5-4-8-14(15)16(12-17(18)20)13-6-2-1-3-7-13/h1-12H. The predicted molar refractivity (Wildman–Crippen MR) is 87.2 cm³/mol. The van der Waals surface area contributed by atoms with Gasteiger partial charge in [0.2, 0.25) is 0 Å². The van der Waals surface area contributed by atoms with Crippen LogP contribution in [-0.4, -0.2) is 11.6 Å². The smallest absolute Gasteiger partial charge is 0.187 e. The Morgan fingerprint density at radius 1 is 0.591 bits per heavy atom. The summed E-state index contributed by atoms with van der Waals surface area (Å²) in [5.41, 5.74) is 3.02. The normalized spacial score (nSPS) is 13.5. The van der Waals surface area contributed by atoms with Gasteiger partial charge in [-0.1, -0.05) is 54.6 Å². The minimum absolute atomic E-state index is 0.106. The molecule has 0 bridgehead atoms. The molecule has 4 rings (SSSR count). The fraction of sp³-hybridized carbons (Fsp3) is 0. The lowest BCUT2D eigenvalue weighted by Crippen LogP contribution is -2.12.